The smallest absolute Gasteiger partial charge is 0.0944 e. The Kier molecular flexibility index (Phi) is 5.52. The minimum Gasteiger partial charge on any atom is -0.313 e. The summed E-state index contributed by atoms with van der Waals surface area (Å²) >= 11 is 3.50. The molecule has 2 aromatic rings. The van der Waals surface area contributed by atoms with Crippen LogP contribution in [0.5, 0.6) is 0 Å². The quantitative estimate of drug-likeness (QED) is 0.874. The van der Waals surface area contributed by atoms with E-state index in [4.69, 9.17) is 4.98 Å². The third-order valence-corrected chi connectivity index (χ3v) is 5.05. The Hall–Kier alpha value is -0.780. The number of nitrogens with one attached hydrogen (secondary N) is 1. The number of thiazole rings is 2. The van der Waals surface area contributed by atoms with Crippen molar-refractivity contribution in [2.75, 3.05) is 6.54 Å². The van der Waals surface area contributed by atoms with E-state index < -0.39 is 0 Å². The fourth-order valence-electron chi connectivity index (χ4n) is 2.22. The average molecular weight is 324 g/mol. The summed E-state index contributed by atoms with van der Waals surface area (Å²) in [4.78, 5) is 9.39. The minimum absolute atomic E-state index is 0.133. The van der Waals surface area contributed by atoms with Crippen LogP contribution >= 0.6 is 22.7 Å². The molecule has 0 fully saturated rings. The average Bonchev–Trinajstić information content (AvgIpc) is 2.98. The van der Waals surface area contributed by atoms with E-state index in [1.54, 1.807) is 22.7 Å². The summed E-state index contributed by atoms with van der Waals surface area (Å²) in [5, 5.41) is 10.3. The third kappa shape index (κ3) is 4.87. The summed E-state index contributed by atoms with van der Waals surface area (Å²) in [5.74, 6) is 0. The van der Waals surface area contributed by atoms with Gasteiger partial charge in [0.1, 0.15) is 0 Å². The van der Waals surface area contributed by atoms with E-state index in [1.165, 1.54) is 16.4 Å². The van der Waals surface area contributed by atoms with Crippen molar-refractivity contribution < 1.29 is 0 Å². The van der Waals surface area contributed by atoms with Gasteiger partial charge in [-0.05, 0) is 13.5 Å². The molecule has 0 aromatic carbocycles. The van der Waals surface area contributed by atoms with Crippen molar-refractivity contribution in [3.8, 4) is 0 Å². The zero-order valence-electron chi connectivity index (χ0n) is 13.6. The topological polar surface area (TPSA) is 37.8 Å². The van der Waals surface area contributed by atoms with Crippen LogP contribution in [0.25, 0.3) is 0 Å². The molecule has 0 radical (unpaired) electrons. The van der Waals surface area contributed by atoms with Crippen molar-refractivity contribution in [1.82, 2.24) is 15.3 Å². The molecule has 2 aromatic heterocycles. The molecule has 0 bridgehead atoms. The van der Waals surface area contributed by atoms with E-state index in [9.17, 15) is 0 Å². The van der Waals surface area contributed by atoms with Crippen LogP contribution in [0.2, 0.25) is 0 Å². The van der Waals surface area contributed by atoms with Gasteiger partial charge < -0.3 is 5.32 Å². The lowest BCUT2D eigenvalue weighted by atomic mass is 9.93. The summed E-state index contributed by atoms with van der Waals surface area (Å²) in [6.45, 7) is 11.8. The van der Waals surface area contributed by atoms with E-state index in [-0.39, 0.29) is 5.41 Å². The first-order chi connectivity index (χ1) is 9.88. The highest BCUT2D eigenvalue weighted by Crippen LogP contribution is 2.24. The number of aryl methyl sites for hydroxylation is 1. The predicted octanol–water partition coefficient (Wildman–Crippen LogP) is 3.97. The van der Waals surface area contributed by atoms with Gasteiger partial charge in [0.05, 0.1) is 21.4 Å². The van der Waals surface area contributed by atoms with Gasteiger partial charge >= 0.3 is 0 Å². The standard InChI is InChI=1S/C16H25N3S2/c1-6-17-12(7-13-9-20-11(2)18-13)8-15-19-14(10-21-15)16(3,4)5/h9-10,12,17H,6-8H2,1-5H3. The fourth-order valence-corrected chi connectivity index (χ4v) is 3.95. The van der Waals surface area contributed by atoms with Crippen molar-refractivity contribution in [3.63, 3.8) is 0 Å². The second-order valence-corrected chi connectivity index (χ2v) is 8.40. The number of nitrogens with zero attached hydrogens (tertiary/aromatic N) is 2. The predicted molar refractivity (Wildman–Crippen MR) is 92.5 cm³/mol. The van der Waals surface area contributed by atoms with Crippen LogP contribution in [0, 0.1) is 6.92 Å². The first-order valence-electron chi connectivity index (χ1n) is 7.47. The normalized spacial score (nSPS) is 13.6. The molecule has 2 rings (SSSR count). The first kappa shape index (κ1) is 16.6. The largest absolute Gasteiger partial charge is 0.313 e. The summed E-state index contributed by atoms with van der Waals surface area (Å²) in [7, 11) is 0. The Morgan fingerprint density at radius 1 is 1.14 bits per heavy atom. The molecule has 0 aliphatic carbocycles. The van der Waals surface area contributed by atoms with E-state index in [2.05, 4.69) is 55.7 Å². The molecule has 5 heteroatoms. The number of rotatable bonds is 6. The van der Waals surface area contributed by atoms with Crippen LogP contribution in [0.1, 0.15) is 49.1 Å². The zero-order chi connectivity index (χ0) is 15.5. The lowest BCUT2D eigenvalue weighted by Gasteiger charge is -2.16. The van der Waals surface area contributed by atoms with Crippen LogP contribution in [0.3, 0.4) is 0 Å². The second-order valence-electron chi connectivity index (χ2n) is 6.40. The Morgan fingerprint density at radius 3 is 2.43 bits per heavy atom. The molecule has 1 unspecified atom stereocenters. The molecule has 1 atom stereocenters. The van der Waals surface area contributed by atoms with Gasteiger partial charge in [-0.15, -0.1) is 22.7 Å². The van der Waals surface area contributed by atoms with Crippen LogP contribution < -0.4 is 5.32 Å². The van der Waals surface area contributed by atoms with E-state index in [0.717, 1.165) is 24.4 Å². The molecule has 0 aliphatic rings. The maximum absolute atomic E-state index is 4.81. The third-order valence-electron chi connectivity index (χ3n) is 3.36. The van der Waals surface area contributed by atoms with Gasteiger partial charge in [-0.1, -0.05) is 27.7 Å². The van der Waals surface area contributed by atoms with Crippen LogP contribution in [-0.2, 0) is 18.3 Å². The number of aromatic nitrogens is 2. The fraction of sp³-hybridized carbons (Fsp3) is 0.625. The van der Waals surface area contributed by atoms with E-state index in [0.29, 0.717) is 6.04 Å². The lowest BCUT2D eigenvalue weighted by Crippen LogP contribution is -2.33. The summed E-state index contributed by atoms with van der Waals surface area (Å²) in [6, 6.07) is 0.412. The van der Waals surface area contributed by atoms with Gasteiger partial charge in [0, 0.05) is 35.1 Å². The molecule has 0 saturated carbocycles. The van der Waals surface area contributed by atoms with Crippen molar-refractivity contribution in [2.45, 2.75) is 58.9 Å². The molecule has 1 N–H and O–H groups in total. The number of hydrogen-bond donors (Lipinski definition) is 1. The maximum Gasteiger partial charge on any atom is 0.0944 e. The molecule has 0 spiro atoms. The van der Waals surface area contributed by atoms with Gasteiger partial charge in [0.2, 0.25) is 0 Å². The molecule has 2 heterocycles. The zero-order valence-corrected chi connectivity index (χ0v) is 15.2. The maximum atomic E-state index is 4.81. The van der Waals surface area contributed by atoms with Crippen LogP contribution in [0.15, 0.2) is 10.8 Å². The van der Waals surface area contributed by atoms with E-state index >= 15 is 0 Å². The highest BCUT2D eigenvalue weighted by molar-refractivity contribution is 7.09. The van der Waals surface area contributed by atoms with Gasteiger partial charge in [0.15, 0.2) is 0 Å². The number of likely N-dealkylation sites (N-methyl/N-ethyl adjacent to an activating group) is 1. The van der Waals surface area contributed by atoms with Crippen LogP contribution in [-0.4, -0.2) is 22.6 Å². The number of hydrogen-bond acceptors (Lipinski definition) is 5. The Bertz CT molecular complexity index is 566. The molecule has 3 nitrogen and oxygen atoms in total. The molecule has 116 valence electrons. The highest BCUT2D eigenvalue weighted by atomic mass is 32.1. The molecule has 21 heavy (non-hydrogen) atoms. The highest BCUT2D eigenvalue weighted by Gasteiger charge is 2.19. The molecular weight excluding hydrogens is 298 g/mol. The van der Waals surface area contributed by atoms with Crippen molar-refractivity contribution in [2.24, 2.45) is 0 Å². The Labute approximate surface area is 135 Å². The van der Waals surface area contributed by atoms with Crippen molar-refractivity contribution in [3.05, 3.63) is 32.2 Å². The van der Waals surface area contributed by atoms with Gasteiger partial charge in [0.25, 0.3) is 0 Å². The summed E-state index contributed by atoms with van der Waals surface area (Å²) < 4.78 is 0. The van der Waals surface area contributed by atoms with Gasteiger partial charge in [-0.3, -0.25) is 0 Å². The summed E-state index contributed by atoms with van der Waals surface area (Å²) in [5.41, 5.74) is 2.52. The van der Waals surface area contributed by atoms with Crippen molar-refractivity contribution >= 4 is 22.7 Å². The lowest BCUT2D eigenvalue weighted by molar-refractivity contribution is 0.512. The SMILES string of the molecule is CCNC(Cc1csc(C)n1)Cc1nc(C(C)(C)C)cs1. The first-order valence-corrected chi connectivity index (χ1v) is 9.23. The van der Waals surface area contributed by atoms with Gasteiger partial charge in [-0.25, -0.2) is 9.97 Å². The van der Waals surface area contributed by atoms with Crippen LogP contribution in [0.4, 0.5) is 0 Å². The van der Waals surface area contributed by atoms with Crippen molar-refractivity contribution in [1.29, 1.82) is 0 Å². The van der Waals surface area contributed by atoms with Gasteiger partial charge in [-0.2, -0.15) is 0 Å². The molecule has 0 amide bonds. The second kappa shape index (κ2) is 6.99. The Morgan fingerprint density at radius 2 is 1.90 bits per heavy atom. The molecular formula is C16H25N3S2. The summed E-state index contributed by atoms with van der Waals surface area (Å²) in [6.07, 6.45) is 1.95. The molecule has 0 saturated heterocycles. The monoisotopic (exact) mass is 323 g/mol. The van der Waals surface area contributed by atoms with E-state index in [1.807, 2.05) is 0 Å². The Balaban J connectivity index is 2.03. The molecule has 0 aliphatic heterocycles. The minimum atomic E-state index is 0.133.